The number of piperidine rings is 1. The summed E-state index contributed by atoms with van der Waals surface area (Å²) in [5, 5.41) is 1.82. The van der Waals surface area contributed by atoms with Crippen LogP contribution in [0.15, 0.2) is 48.5 Å². The second kappa shape index (κ2) is 8.42. The maximum absolute atomic E-state index is 6.04. The number of benzene rings is 2. The van der Waals surface area contributed by atoms with E-state index in [4.69, 9.17) is 21.6 Å². The van der Waals surface area contributed by atoms with Gasteiger partial charge in [-0.1, -0.05) is 23.7 Å². The average molecular weight is 403 g/mol. The Bertz CT molecular complexity index is 906. The fourth-order valence-electron chi connectivity index (χ4n) is 3.61. The smallest absolute Gasteiger partial charge is 0.162 e. The SMILES string of the molecule is CN1CCC(N(C)c2nc(-c3ccc(Cl)cc3)nc3ccccc23)CC1.Cl. The Morgan fingerprint density at radius 3 is 2.37 bits per heavy atom. The van der Waals surface area contributed by atoms with Crippen molar-refractivity contribution in [1.29, 1.82) is 0 Å². The van der Waals surface area contributed by atoms with Crippen molar-refractivity contribution in [3.8, 4) is 11.4 Å². The van der Waals surface area contributed by atoms with E-state index in [9.17, 15) is 0 Å². The molecule has 0 spiro atoms. The van der Waals surface area contributed by atoms with Crippen molar-refractivity contribution in [2.24, 2.45) is 0 Å². The van der Waals surface area contributed by atoms with E-state index in [-0.39, 0.29) is 12.4 Å². The number of halogens is 2. The molecule has 1 aliphatic rings. The number of para-hydroxylation sites is 1. The van der Waals surface area contributed by atoms with Crippen LogP contribution in [-0.4, -0.2) is 48.1 Å². The van der Waals surface area contributed by atoms with E-state index in [1.807, 2.05) is 30.3 Å². The maximum atomic E-state index is 6.04. The Kier molecular flexibility index (Phi) is 6.20. The number of fused-ring (bicyclic) bond motifs is 1. The van der Waals surface area contributed by atoms with Gasteiger partial charge in [0, 0.05) is 29.1 Å². The predicted molar refractivity (Wildman–Crippen MR) is 116 cm³/mol. The molecule has 0 saturated carbocycles. The third-order valence-corrected chi connectivity index (χ3v) is 5.51. The summed E-state index contributed by atoms with van der Waals surface area (Å²) in [6.07, 6.45) is 2.31. The van der Waals surface area contributed by atoms with Gasteiger partial charge in [0.15, 0.2) is 5.82 Å². The highest BCUT2D eigenvalue weighted by molar-refractivity contribution is 6.30. The van der Waals surface area contributed by atoms with Crippen LogP contribution >= 0.6 is 24.0 Å². The molecule has 27 heavy (non-hydrogen) atoms. The molecule has 0 bridgehead atoms. The molecule has 0 amide bonds. The van der Waals surface area contributed by atoms with E-state index in [1.54, 1.807) is 0 Å². The fraction of sp³-hybridized carbons (Fsp3) is 0.333. The van der Waals surface area contributed by atoms with E-state index in [0.717, 1.165) is 59.1 Å². The van der Waals surface area contributed by atoms with Crippen LogP contribution in [0.5, 0.6) is 0 Å². The van der Waals surface area contributed by atoms with Crippen molar-refractivity contribution < 1.29 is 0 Å². The Morgan fingerprint density at radius 2 is 1.67 bits per heavy atom. The largest absolute Gasteiger partial charge is 0.356 e. The topological polar surface area (TPSA) is 32.3 Å². The lowest BCUT2D eigenvalue weighted by Gasteiger charge is -2.36. The molecular formula is C21H24Cl2N4. The molecule has 1 aromatic heterocycles. The zero-order valence-corrected chi connectivity index (χ0v) is 17.2. The molecular weight excluding hydrogens is 379 g/mol. The lowest BCUT2D eigenvalue weighted by molar-refractivity contribution is 0.252. The summed E-state index contributed by atoms with van der Waals surface area (Å²) in [5.74, 6) is 1.75. The van der Waals surface area contributed by atoms with Gasteiger partial charge in [-0.3, -0.25) is 0 Å². The van der Waals surface area contributed by atoms with Crippen LogP contribution in [-0.2, 0) is 0 Å². The van der Waals surface area contributed by atoms with Crippen molar-refractivity contribution in [3.63, 3.8) is 0 Å². The third kappa shape index (κ3) is 4.18. The van der Waals surface area contributed by atoms with Crippen LogP contribution in [0.3, 0.4) is 0 Å². The summed E-state index contributed by atoms with van der Waals surface area (Å²) in [6, 6.07) is 16.5. The zero-order chi connectivity index (χ0) is 18.1. The molecule has 2 aromatic carbocycles. The fourth-order valence-corrected chi connectivity index (χ4v) is 3.74. The normalized spacial score (nSPS) is 15.5. The number of aromatic nitrogens is 2. The van der Waals surface area contributed by atoms with E-state index >= 15 is 0 Å². The Labute approximate surface area is 171 Å². The molecule has 1 fully saturated rings. The number of likely N-dealkylation sites (tertiary alicyclic amines) is 1. The standard InChI is InChI=1S/C21H23ClN4.ClH/c1-25-13-11-17(12-14-25)26(2)21-18-5-3-4-6-19(18)23-20(24-21)15-7-9-16(22)10-8-15;/h3-10,17H,11-14H2,1-2H3;1H. The number of hydrogen-bond acceptors (Lipinski definition) is 4. The summed E-state index contributed by atoms with van der Waals surface area (Å²) >= 11 is 6.04. The number of hydrogen-bond donors (Lipinski definition) is 0. The monoisotopic (exact) mass is 402 g/mol. The highest BCUT2D eigenvalue weighted by Crippen LogP contribution is 2.30. The van der Waals surface area contributed by atoms with Crippen LogP contribution in [0.4, 0.5) is 5.82 Å². The molecule has 0 aliphatic carbocycles. The molecule has 0 unspecified atom stereocenters. The summed E-state index contributed by atoms with van der Waals surface area (Å²) < 4.78 is 0. The lowest BCUT2D eigenvalue weighted by atomic mass is 10.0. The molecule has 2 heterocycles. The minimum absolute atomic E-state index is 0. The second-order valence-corrected chi connectivity index (χ2v) is 7.48. The summed E-state index contributed by atoms with van der Waals surface area (Å²) in [5.41, 5.74) is 1.96. The second-order valence-electron chi connectivity index (χ2n) is 7.04. The summed E-state index contributed by atoms with van der Waals surface area (Å²) in [4.78, 5) is 14.5. The van der Waals surface area contributed by atoms with Crippen molar-refractivity contribution in [2.45, 2.75) is 18.9 Å². The van der Waals surface area contributed by atoms with Crippen molar-refractivity contribution in [2.75, 3.05) is 32.1 Å². The molecule has 4 nitrogen and oxygen atoms in total. The quantitative estimate of drug-likeness (QED) is 0.623. The first-order valence-corrected chi connectivity index (χ1v) is 9.44. The van der Waals surface area contributed by atoms with Crippen LogP contribution in [0.2, 0.25) is 5.02 Å². The number of anilines is 1. The van der Waals surface area contributed by atoms with Gasteiger partial charge < -0.3 is 9.80 Å². The zero-order valence-electron chi connectivity index (χ0n) is 15.6. The van der Waals surface area contributed by atoms with Crippen LogP contribution in [0.1, 0.15) is 12.8 Å². The molecule has 0 atom stereocenters. The summed E-state index contributed by atoms with van der Waals surface area (Å²) in [6.45, 7) is 2.25. The summed E-state index contributed by atoms with van der Waals surface area (Å²) in [7, 11) is 4.35. The van der Waals surface area contributed by atoms with Crippen molar-refractivity contribution in [3.05, 3.63) is 53.6 Å². The average Bonchev–Trinajstić information content (AvgIpc) is 2.68. The molecule has 1 saturated heterocycles. The minimum atomic E-state index is 0. The molecule has 1 aliphatic heterocycles. The van der Waals surface area contributed by atoms with E-state index < -0.39 is 0 Å². The lowest BCUT2D eigenvalue weighted by Crippen LogP contribution is -2.42. The van der Waals surface area contributed by atoms with Gasteiger partial charge in [0.25, 0.3) is 0 Å². The minimum Gasteiger partial charge on any atom is -0.356 e. The Hall–Kier alpha value is -1.88. The Balaban J connectivity index is 0.00000210. The first-order chi connectivity index (χ1) is 12.6. The molecule has 3 aromatic rings. The molecule has 142 valence electrons. The van der Waals surface area contributed by atoms with Gasteiger partial charge in [-0.25, -0.2) is 9.97 Å². The first kappa shape index (κ1) is 19.9. The van der Waals surface area contributed by atoms with Gasteiger partial charge in [0.05, 0.1) is 5.52 Å². The van der Waals surface area contributed by atoms with Gasteiger partial charge in [-0.05, 0) is 69.4 Å². The van der Waals surface area contributed by atoms with E-state index in [1.165, 1.54) is 0 Å². The Morgan fingerprint density at radius 1 is 1.00 bits per heavy atom. The maximum Gasteiger partial charge on any atom is 0.162 e. The van der Waals surface area contributed by atoms with Crippen LogP contribution < -0.4 is 4.90 Å². The molecule has 6 heteroatoms. The van der Waals surface area contributed by atoms with Crippen LogP contribution in [0.25, 0.3) is 22.3 Å². The highest BCUT2D eigenvalue weighted by Gasteiger charge is 2.23. The van der Waals surface area contributed by atoms with Gasteiger partial charge >= 0.3 is 0 Å². The van der Waals surface area contributed by atoms with Gasteiger partial charge in [0.1, 0.15) is 5.82 Å². The van der Waals surface area contributed by atoms with E-state index in [2.05, 4.69) is 42.1 Å². The number of rotatable bonds is 3. The molecule has 0 N–H and O–H groups in total. The van der Waals surface area contributed by atoms with Gasteiger partial charge in [0.2, 0.25) is 0 Å². The van der Waals surface area contributed by atoms with Crippen LogP contribution in [0, 0.1) is 0 Å². The highest BCUT2D eigenvalue weighted by atomic mass is 35.5. The number of nitrogens with zero attached hydrogens (tertiary/aromatic N) is 4. The molecule has 4 rings (SSSR count). The van der Waals surface area contributed by atoms with Crippen molar-refractivity contribution in [1.82, 2.24) is 14.9 Å². The van der Waals surface area contributed by atoms with Gasteiger partial charge in [-0.15, -0.1) is 12.4 Å². The first-order valence-electron chi connectivity index (χ1n) is 9.06. The van der Waals surface area contributed by atoms with Gasteiger partial charge in [-0.2, -0.15) is 0 Å². The molecule has 0 radical (unpaired) electrons. The van der Waals surface area contributed by atoms with E-state index in [0.29, 0.717) is 6.04 Å². The predicted octanol–water partition coefficient (Wildman–Crippen LogP) is 4.90. The van der Waals surface area contributed by atoms with Crippen molar-refractivity contribution >= 4 is 40.7 Å². The third-order valence-electron chi connectivity index (χ3n) is 5.26.